The van der Waals surface area contributed by atoms with Crippen LogP contribution in [0.3, 0.4) is 0 Å². The van der Waals surface area contributed by atoms with Crippen molar-refractivity contribution in [3.05, 3.63) is 71.8 Å². The van der Waals surface area contributed by atoms with E-state index in [1.54, 1.807) is 88.4 Å². The fourth-order valence-corrected chi connectivity index (χ4v) is 7.86. The number of rotatable bonds is 12. The Labute approximate surface area is 388 Å². The Kier molecular flexibility index (Phi) is 19.3. The number of benzene rings is 2. The average molecular weight is 934 g/mol. The molecule has 2 saturated heterocycles. The summed E-state index contributed by atoms with van der Waals surface area (Å²) in [7, 11) is 0. The minimum absolute atomic E-state index is 0.0282. The van der Waals surface area contributed by atoms with Crippen LogP contribution in [-0.4, -0.2) is 135 Å². The molecule has 2 fully saturated rings. The Bertz CT molecular complexity index is 2120. The Hall–Kier alpha value is -6.90. The van der Waals surface area contributed by atoms with E-state index in [4.69, 9.17) is 5.73 Å². The summed E-state index contributed by atoms with van der Waals surface area (Å²) in [5.41, 5.74) is 6.69. The molecule has 2 aromatic carbocycles. The van der Waals surface area contributed by atoms with Gasteiger partial charge >= 0.3 is 5.97 Å². The van der Waals surface area contributed by atoms with Gasteiger partial charge in [0.1, 0.15) is 48.3 Å². The molecule has 0 spiro atoms. The van der Waals surface area contributed by atoms with E-state index in [9.17, 15) is 58.2 Å². The van der Waals surface area contributed by atoms with Gasteiger partial charge in [0.15, 0.2) is 0 Å². The number of aliphatic hydroxyl groups is 1. The second kappa shape index (κ2) is 24.6. The van der Waals surface area contributed by atoms with Crippen LogP contribution in [-0.2, 0) is 60.8 Å². The third-order valence-corrected chi connectivity index (χ3v) is 11.8. The van der Waals surface area contributed by atoms with Crippen LogP contribution >= 0.6 is 0 Å². The van der Waals surface area contributed by atoms with Crippen molar-refractivity contribution in [3.8, 4) is 0 Å². The van der Waals surface area contributed by atoms with Crippen molar-refractivity contribution in [3.63, 3.8) is 0 Å². The summed E-state index contributed by atoms with van der Waals surface area (Å²) in [6.45, 7) is 7.79. The fraction of sp³-hybridized carbons (Fsp3) is 0.522. The van der Waals surface area contributed by atoms with Crippen molar-refractivity contribution in [1.82, 2.24) is 42.1 Å². The number of amides is 9. The van der Waals surface area contributed by atoms with E-state index in [2.05, 4.69) is 37.2 Å². The maximum Gasteiger partial charge on any atom is 0.305 e. The number of nitrogens with two attached hydrogens (primary N) is 1. The molecule has 11 N–H and O–H groups in total. The summed E-state index contributed by atoms with van der Waals surface area (Å²) >= 11 is 0. The molecule has 2 aliphatic heterocycles. The summed E-state index contributed by atoms with van der Waals surface area (Å²) in [6, 6.07) is 4.79. The summed E-state index contributed by atoms with van der Waals surface area (Å²) in [5.74, 6) is -11.2. The maximum atomic E-state index is 14.4. The van der Waals surface area contributed by atoms with Gasteiger partial charge in [-0.25, -0.2) is 0 Å². The molecule has 2 aromatic rings. The number of aliphatic hydroxyl groups excluding tert-OH is 1. The largest absolute Gasteiger partial charge is 0.481 e. The first-order valence-electron chi connectivity index (χ1n) is 22.4. The van der Waals surface area contributed by atoms with Crippen molar-refractivity contribution in [2.24, 2.45) is 17.6 Å². The molecular formula is C46H63N9O12. The van der Waals surface area contributed by atoms with Gasteiger partial charge in [-0.3, -0.25) is 47.9 Å². The second-order valence-electron chi connectivity index (χ2n) is 17.4. The van der Waals surface area contributed by atoms with E-state index in [-0.39, 0.29) is 25.8 Å². The molecule has 10 atom stereocenters. The number of aliphatic carboxylic acids is 1. The van der Waals surface area contributed by atoms with Crippen LogP contribution in [0.15, 0.2) is 60.7 Å². The minimum Gasteiger partial charge on any atom is -0.481 e. The topological polar surface area (TPSA) is 325 Å². The number of carbonyl (C=O) groups is 10. The monoisotopic (exact) mass is 933 g/mol. The second-order valence-corrected chi connectivity index (χ2v) is 17.4. The summed E-state index contributed by atoms with van der Waals surface area (Å²) in [4.78, 5) is 139. The van der Waals surface area contributed by atoms with Crippen LogP contribution < -0.4 is 43.0 Å². The SMILES string of the molecule is CC[C@H](C)[C@@H]1NC(=O)[C@H](C(C)C)NC(=O)[C@@H]2CCCN2C(=O)[C@H](CC(N)=O)NC(=O)[C@H](Cc2ccccc2)NC(=O)[C@H](Cc2ccccc2)NC(=O)[C@H]([C@@H](C)O)NC(=O)[C@H](CC(=O)O)NC1=O. The highest BCUT2D eigenvalue weighted by Gasteiger charge is 2.42. The molecule has 4 rings (SSSR count). The molecule has 0 aliphatic carbocycles. The predicted molar refractivity (Wildman–Crippen MR) is 241 cm³/mol. The van der Waals surface area contributed by atoms with Crippen molar-refractivity contribution in [2.45, 2.75) is 134 Å². The first-order valence-corrected chi connectivity index (χ1v) is 22.4. The number of hydrogen-bond donors (Lipinski definition) is 10. The molecule has 21 nitrogen and oxygen atoms in total. The summed E-state index contributed by atoms with van der Waals surface area (Å²) in [5, 5.41) is 38.3. The molecule has 67 heavy (non-hydrogen) atoms. The number of primary amides is 1. The van der Waals surface area contributed by atoms with Crippen LogP contribution in [0.2, 0.25) is 0 Å². The number of fused-ring (bicyclic) bond motifs is 1. The zero-order chi connectivity index (χ0) is 49.5. The lowest BCUT2D eigenvalue weighted by molar-refractivity contribution is -0.144. The van der Waals surface area contributed by atoms with Crippen LogP contribution in [0.4, 0.5) is 0 Å². The fourth-order valence-electron chi connectivity index (χ4n) is 7.86. The van der Waals surface area contributed by atoms with Crippen LogP contribution in [0.5, 0.6) is 0 Å². The van der Waals surface area contributed by atoms with Crippen LogP contribution in [0, 0.1) is 11.8 Å². The first-order chi connectivity index (χ1) is 31.7. The number of nitrogens with one attached hydrogen (secondary N) is 7. The molecule has 9 amide bonds. The first kappa shape index (κ1) is 52.7. The van der Waals surface area contributed by atoms with E-state index in [0.717, 1.165) is 6.92 Å². The van der Waals surface area contributed by atoms with Crippen molar-refractivity contribution in [1.29, 1.82) is 0 Å². The Morgan fingerprint density at radius 3 is 1.55 bits per heavy atom. The highest BCUT2D eigenvalue weighted by atomic mass is 16.4. The molecule has 364 valence electrons. The van der Waals surface area contributed by atoms with E-state index in [1.807, 2.05) is 0 Å². The molecule has 0 unspecified atom stereocenters. The number of carbonyl (C=O) groups excluding carboxylic acids is 9. The summed E-state index contributed by atoms with van der Waals surface area (Å²) < 4.78 is 0. The van der Waals surface area contributed by atoms with E-state index in [0.29, 0.717) is 24.0 Å². The molecule has 0 saturated carbocycles. The molecule has 0 radical (unpaired) electrons. The molecule has 21 heteroatoms. The third-order valence-electron chi connectivity index (χ3n) is 11.8. The van der Waals surface area contributed by atoms with Crippen molar-refractivity contribution < 1.29 is 58.2 Å². The predicted octanol–water partition coefficient (Wildman–Crippen LogP) is -1.70. The molecule has 0 aromatic heterocycles. The molecule has 2 aliphatic rings. The van der Waals surface area contributed by atoms with E-state index < -0.39 is 138 Å². The van der Waals surface area contributed by atoms with Gasteiger partial charge in [-0.05, 0) is 42.7 Å². The number of hydrogen-bond acceptors (Lipinski definition) is 11. The molecule has 2 heterocycles. The smallest absolute Gasteiger partial charge is 0.305 e. The molecule has 0 bridgehead atoms. The lowest BCUT2D eigenvalue weighted by atomic mass is 9.95. The van der Waals surface area contributed by atoms with Crippen LogP contribution in [0.1, 0.15) is 77.8 Å². The van der Waals surface area contributed by atoms with Crippen molar-refractivity contribution in [2.75, 3.05) is 6.54 Å². The highest BCUT2D eigenvalue weighted by Crippen LogP contribution is 2.21. The van der Waals surface area contributed by atoms with Gasteiger partial charge in [-0.15, -0.1) is 0 Å². The normalized spacial score (nSPS) is 26.3. The number of carboxylic acids is 1. The quantitative estimate of drug-likeness (QED) is 0.114. The molecular weight excluding hydrogens is 871 g/mol. The average Bonchev–Trinajstić information content (AvgIpc) is 3.77. The lowest BCUT2D eigenvalue weighted by Crippen LogP contribution is -2.63. The Morgan fingerprint density at radius 2 is 1.06 bits per heavy atom. The van der Waals surface area contributed by atoms with Gasteiger partial charge in [0.05, 0.1) is 18.9 Å². The van der Waals surface area contributed by atoms with Gasteiger partial charge in [0.2, 0.25) is 53.2 Å². The number of nitrogens with zero attached hydrogens (tertiary/aromatic N) is 1. The number of carboxylic acid groups (broad SMARTS) is 1. The zero-order valence-corrected chi connectivity index (χ0v) is 38.3. The Morgan fingerprint density at radius 1 is 0.612 bits per heavy atom. The van der Waals surface area contributed by atoms with Crippen molar-refractivity contribution >= 4 is 59.1 Å². The van der Waals surface area contributed by atoms with E-state index in [1.165, 1.54) is 4.90 Å². The van der Waals surface area contributed by atoms with Crippen LogP contribution in [0.25, 0.3) is 0 Å². The highest BCUT2D eigenvalue weighted by molar-refractivity contribution is 6.00. The Balaban J connectivity index is 1.85. The van der Waals surface area contributed by atoms with Gasteiger partial charge in [0, 0.05) is 19.4 Å². The van der Waals surface area contributed by atoms with E-state index >= 15 is 0 Å². The minimum atomic E-state index is -1.85. The third kappa shape index (κ3) is 15.1. The van der Waals surface area contributed by atoms with Gasteiger partial charge in [-0.2, -0.15) is 0 Å². The van der Waals surface area contributed by atoms with Gasteiger partial charge in [-0.1, -0.05) is 94.8 Å². The summed E-state index contributed by atoms with van der Waals surface area (Å²) in [6.07, 6.45) is -2.90. The zero-order valence-electron chi connectivity index (χ0n) is 38.3. The lowest BCUT2D eigenvalue weighted by Gasteiger charge is -2.32. The standard InChI is InChI=1S/C46H63N9O12/c1-6-25(4)37-44(65)50-31(23-35(58)59)41(62)54-38(26(5)56)45(66)49-30(21-28-16-11-8-12-17-28)39(60)48-29(20-27-14-9-7-10-15-27)40(61)51-32(22-34(47)57)46(67)55-19-13-18-33(55)42(63)52-36(24(2)3)43(64)53-37/h7-12,14-17,24-26,29-33,36-38,56H,6,13,18-23H2,1-5H3,(H2,47,57)(H,48,60)(H,49,66)(H,50,65)(H,51,61)(H,52,63)(H,53,64)(H,54,62)(H,58,59)/t25-,26+,29-,30-,31-,32-,33-,36-,37-,38-/m0/s1. The van der Waals surface area contributed by atoms with Gasteiger partial charge in [0.25, 0.3) is 0 Å². The van der Waals surface area contributed by atoms with Gasteiger partial charge < -0.3 is 58.1 Å². The maximum absolute atomic E-state index is 14.4.